The Labute approximate surface area is 256 Å². The number of nitrogens with zero attached hydrogens (tertiary/aromatic N) is 2. The molecule has 1 unspecified atom stereocenters. The quantitative estimate of drug-likeness (QED) is 0.271. The summed E-state index contributed by atoms with van der Waals surface area (Å²) in [6, 6.07) is 24.0. The molecule has 0 heterocycles. The van der Waals surface area contributed by atoms with E-state index in [0.29, 0.717) is 17.9 Å². The number of amides is 2. The van der Waals surface area contributed by atoms with E-state index < -0.39 is 16.1 Å². The number of benzene rings is 3. The van der Waals surface area contributed by atoms with Crippen molar-refractivity contribution in [3.63, 3.8) is 0 Å². The standard InChI is InChI=1S/C34H43N3O5S/c1-26-19-21-28(22-20-26)25-36(31(24-27-12-5-4-6-13-27)34(39)35-29-14-7-8-15-29)33(38)18-11-23-37(43(3,40)41)30-16-9-10-17-32(30)42-2/h4-6,9-10,12-13,16-17,19-22,29,31H,7-8,11,14-15,18,23-25H2,1-3H3,(H,35,39). The number of nitrogens with one attached hydrogen (secondary N) is 1. The van der Waals surface area contributed by atoms with E-state index in [1.54, 1.807) is 29.2 Å². The highest BCUT2D eigenvalue weighted by molar-refractivity contribution is 7.92. The summed E-state index contributed by atoms with van der Waals surface area (Å²) in [6.45, 7) is 2.38. The van der Waals surface area contributed by atoms with Gasteiger partial charge in [-0.05, 0) is 49.4 Å². The van der Waals surface area contributed by atoms with Gasteiger partial charge in [0.05, 0.1) is 19.1 Å². The molecule has 43 heavy (non-hydrogen) atoms. The number of hydrogen-bond donors (Lipinski definition) is 1. The lowest BCUT2D eigenvalue weighted by molar-refractivity contribution is -0.141. The summed E-state index contributed by atoms with van der Waals surface area (Å²) in [5, 5.41) is 3.22. The van der Waals surface area contributed by atoms with Gasteiger partial charge in [0.15, 0.2) is 0 Å². The molecule has 230 valence electrons. The molecule has 0 aromatic heterocycles. The summed E-state index contributed by atoms with van der Waals surface area (Å²) in [5.41, 5.74) is 3.43. The van der Waals surface area contributed by atoms with Crippen molar-refractivity contribution in [2.45, 2.75) is 70.5 Å². The Balaban J connectivity index is 1.59. The fourth-order valence-corrected chi connectivity index (χ4v) is 6.60. The van der Waals surface area contributed by atoms with Crippen LogP contribution in [0, 0.1) is 6.92 Å². The highest BCUT2D eigenvalue weighted by Gasteiger charge is 2.32. The Bertz CT molecular complexity index is 1450. The fourth-order valence-electron chi connectivity index (χ4n) is 5.63. The van der Waals surface area contributed by atoms with E-state index in [1.165, 1.54) is 11.4 Å². The second kappa shape index (κ2) is 15.0. The maximum atomic E-state index is 14.0. The molecule has 1 aliphatic carbocycles. The smallest absolute Gasteiger partial charge is 0.243 e. The number of rotatable bonds is 14. The van der Waals surface area contributed by atoms with Crippen LogP contribution in [0.25, 0.3) is 0 Å². The summed E-state index contributed by atoms with van der Waals surface area (Å²) in [7, 11) is -2.15. The minimum absolute atomic E-state index is 0.0784. The normalized spacial score (nSPS) is 14.2. The Hall–Kier alpha value is -3.85. The number of para-hydroxylation sites is 2. The number of aryl methyl sites for hydroxylation is 1. The Kier molecular flexibility index (Phi) is 11.2. The van der Waals surface area contributed by atoms with E-state index in [2.05, 4.69) is 5.32 Å². The number of anilines is 1. The van der Waals surface area contributed by atoms with Crippen LogP contribution < -0.4 is 14.4 Å². The average Bonchev–Trinajstić information content (AvgIpc) is 3.51. The van der Waals surface area contributed by atoms with Crippen LogP contribution in [-0.4, -0.2) is 57.1 Å². The highest BCUT2D eigenvalue weighted by atomic mass is 32.2. The first-order chi connectivity index (χ1) is 20.7. The molecule has 1 atom stereocenters. The minimum Gasteiger partial charge on any atom is -0.495 e. The van der Waals surface area contributed by atoms with Gasteiger partial charge in [-0.15, -0.1) is 0 Å². The topological polar surface area (TPSA) is 96.0 Å². The molecule has 4 rings (SSSR count). The van der Waals surface area contributed by atoms with Crippen LogP contribution >= 0.6 is 0 Å². The van der Waals surface area contributed by atoms with Crippen LogP contribution in [0.3, 0.4) is 0 Å². The van der Waals surface area contributed by atoms with Crippen LogP contribution in [0.1, 0.15) is 55.2 Å². The second-order valence-electron chi connectivity index (χ2n) is 11.3. The van der Waals surface area contributed by atoms with E-state index >= 15 is 0 Å². The maximum Gasteiger partial charge on any atom is 0.243 e. The summed E-state index contributed by atoms with van der Waals surface area (Å²) < 4.78 is 32.2. The molecule has 2 amide bonds. The van der Waals surface area contributed by atoms with Gasteiger partial charge in [0.2, 0.25) is 21.8 Å². The predicted octanol–water partition coefficient (Wildman–Crippen LogP) is 5.25. The van der Waals surface area contributed by atoms with Gasteiger partial charge in [-0.3, -0.25) is 13.9 Å². The van der Waals surface area contributed by atoms with Crippen molar-refractivity contribution in [2.75, 3.05) is 24.2 Å². The molecule has 0 radical (unpaired) electrons. The molecular weight excluding hydrogens is 562 g/mol. The monoisotopic (exact) mass is 605 g/mol. The van der Waals surface area contributed by atoms with Gasteiger partial charge in [-0.2, -0.15) is 0 Å². The summed E-state index contributed by atoms with van der Waals surface area (Å²) in [6.07, 6.45) is 5.94. The van der Waals surface area contributed by atoms with E-state index in [0.717, 1.165) is 48.6 Å². The molecule has 9 heteroatoms. The Morgan fingerprint density at radius 3 is 2.23 bits per heavy atom. The van der Waals surface area contributed by atoms with E-state index in [-0.39, 0.29) is 43.8 Å². The van der Waals surface area contributed by atoms with Gasteiger partial charge in [0, 0.05) is 32.0 Å². The molecule has 8 nitrogen and oxygen atoms in total. The van der Waals surface area contributed by atoms with Crippen molar-refractivity contribution in [3.05, 3.63) is 95.6 Å². The number of methoxy groups -OCH3 is 1. The van der Waals surface area contributed by atoms with Crippen LogP contribution in [0.15, 0.2) is 78.9 Å². The minimum atomic E-state index is -3.64. The zero-order chi connectivity index (χ0) is 30.8. The number of carbonyl (C=O) groups is 2. The lowest BCUT2D eigenvalue weighted by Crippen LogP contribution is -2.52. The van der Waals surface area contributed by atoms with Crippen molar-refractivity contribution in [1.29, 1.82) is 0 Å². The van der Waals surface area contributed by atoms with Gasteiger partial charge in [0.1, 0.15) is 11.8 Å². The van der Waals surface area contributed by atoms with E-state index in [4.69, 9.17) is 4.74 Å². The van der Waals surface area contributed by atoms with Crippen LogP contribution in [0.4, 0.5) is 5.69 Å². The molecule has 1 N–H and O–H groups in total. The summed E-state index contributed by atoms with van der Waals surface area (Å²) >= 11 is 0. The van der Waals surface area contributed by atoms with Crippen molar-refractivity contribution in [1.82, 2.24) is 10.2 Å². The average molecular weight is 606 g/mol. The van der Waals surface area contributed by atoms with Gasteiger partial charge >= 0.3 is 0 Å². The van der Waals surface area contributed by atoms with E-state index in [9.17, 15) is 18.0 Å². The molecule has 0 spiro atoms. The van der Waals surface area contributed by atoms with Gasteiger partial charge in [0.25, 0.3) is 0 Å². The van der Waals surface area contributed by atoms with Gasteiger partial charge < -0.3 is 15.0 Å². The van der Waals surface area contributed by atoms with Crippen molar-refractivity contribution >= 4 is 27.5 Å². The van der Waals surface area contributed by atoms with Crippen LogP contribution in [-0.2, 0) is 32.6 Å². The molecule has 1 saturated carbocycles. The first-order valence-corrected chi connectivity index (χ1v) is 16.8. The van der Waals surface area contributed by atoms with Crippen molar-refractivity contribution in [2.24, 2.45) is 0 Å². The predicted molar refractivity (Wildman–Crippen MR) is 170 cm³/mol. The second-order valence-corrected chi connectivity index (χ2v) is 13.2. The molecule has 0 aliphatic heterocycles. The molecule has 3 aromatic carbocycles. The summed E-state index contributed by atoms with van der Waals surface area (Å²) in [4.78, 5) is 29.6. The van der Waals surface area contributed by atoms with Gasteiger partial charge in [-0.25, -0.2) is 8.42 Å². The third-order valence-corrected chi connectivity index (χ3v) is 9.13. The maximum absolute atomic E-state index is 14.0. The molecular formula is C34H43N3O5S. The third kappa shape index (κ3) is 9.07. The lowest BCUT2D eigenvalue weighted by atomic mass is 10.0. The number of hydrogen-bond acceptors (Lipinski definition) is 5. The highest BCUT2D eigenvalue weighted by Crippen LogP contribution is 2.30. The number of ether oxygens (including phenoxy) is 1. The Morgan fingerprint density at radius 2 is 1.58 bits per heavy atom. The molecule has 3 aromatic rings. The molecule has 1 fully saturated rings. The first kappa shape index (κ1) is 32.1. The summed E-state index contributed by atoms with van der Waals surface area (Å²) in [5.74, 6) is 0.0892. The van der Waals surface area contributed by atoms with Crippen LogP contribution in [0.5, 0.6) is 5.75 Å². The van der Waals surface area contributed by atoms with E-state index in [1.807, 2.05) is 61.5 Å². The fraction of sp³-hybridized carbons (Fsp3) is 0.412. The zero-order valence-electron chi connectivity index (χ0n) is 25.4. The van der Waals surface area contributed by atoms with Gasteiger partial charge in [-0.1, -0.05) is 85.1 Å². The molecule has 1 aliphatic rings. The molecule has 0 bridgehead atoms. The largest absolute Gasteiger partial charge is 0.495 e. The lowest BCUT2D eigenvalue weighted by Gasteiger charge is -2.33. The number of carbonyl (C=O) groups excluding carboxylic acids is 2. The van der Waals surface area contributed by atoms with Crippen molar-refractivity contribution < 1.29 is 22.7 Å². The zero-order valence-corrected chi connectivity index (χ0v) is 26.2. The first-order valence-electron chi connectivity index (χ1n) is 15.0. The third-order valence-electron chi connectivity index (χ3n) is 7.95. The van der Waals surface area contributed by atoms with Crippen molar-refractivity contribution in [3.8, 4) is 5.75 Å². The molecule has 0 saturated heterocycles. The number of sulfonamides is 1. The van der Waals surface area contributed by atoms with Crippen LogP contribution in [0.2, 0.25) is 0 Å². The Morgan fingerprint density at radius 1 is 0.930 bits per heavy atom. The SMILES string of the molecule is COc1ccccc1N(CCCC(=O)N(Cc1ccc(C)cc1)C(Cc1ccccc1)C(=O)NC1CCCC1)S(C)(=O)=O.